The van der Waals surface area contributed by atoms with E-state index in [0.717, 1.165) is 0 Å². The van der Waals surface area contributed by atoms with Gasteiger partial charge in [-0.3, -0.25) is 34.0 Å². The number of carbonyl (C=O) groups excluding carboxylic acids is 4. The normalized spacial score (nSPS) is 19.1. The van der Waals surface area contributed by atoms with Crippen molar-refractivity contribution >= 4 is 24.0 Å². The summed E-state index contributed by atoms with van der Waals surface area (Å²) in [6.07, 6.45) is -0.473. The van der Waals surface area contributed by atoms with Crippen LogP contribution >= 0.6 is 0 Å². The first kappa shape index (κ1) is 33.7. The van der Waals surface area contributed by atoms with E-state index in [1.807, 2.05) is 30.6 Å². The van der Waals surface area contributed by atoms with Crippen molar-refractivity contribution in [2.24, 2.45) is 0 Å². The number of ether oxygens (including phenoxy) is 4. The van der Waals surface area contributed by atoms with Crippen molar-refractivity contribution in [3.8, 4) is 0 Å². The Morgan fingerprint density at radius 3 is 1.62 bits per heavy atom. The molecular formula is C27H49N5O8. The predicted molar refractivity (Wildman–Crippen MR) is 148 cm³/mol. The molecule has 0 aromatic heterocycles. The lowest BCUT2D eigenvalue weighted by Gasteiger charge is -2.52. The summed E-state index contributed by atoms with van der Waals surface area (Å²) in [7, 11) is 0. The third kappa shape index (κ3) is 11.6. The van der Waals surface area contributed by atoms with Gasteiger partial charge in [-0.25, -0.2) is 4.79 Å². The molecule has 1 amide bonds. The Bertz CT molecular complexity index is 819. The molecule has 2 saturated heterocycles. The Balaban J connectivity index is 2.28. The van der Waals surface area contributed by atoms with E-state index >= 15 is 0 Å². The van der Waals surface area contributed by atoms with Gasteiger partial charge in [-0.05, 0) is 41.5 Å². The molecule has 13 nitrogen and oxygen atoms in total. The predicted octanol–water partition coefficient (Wildman–Crippen LogP) is 0.174. The van der Waals surface area contributed by atoms with Crippen LogP contribution < -0.4 is 5.32 Å². The maximum Gasteiger partial charge on any atom is 0.407 e. The Labute approximate surface area is 238 Å². The van der Waals surface area contributed by atoms with Gasteiger partial charge in [0, 0.05) is 58.9 Å². The van der Waals surface area contributed by atoms with Crippen molar-refractivity contribution in [3.05, 3.63) is 0 Å². The van der Waals surface area contributed by atoms with Gasteiger partial charge in [0.2, 0.25) is 0 Å². The highest BCUT2D eigenvalue weighted by atomic mass is 16.6. The van der Waals surface area contributed by atoms with Gasteiger partial charge >= 0.3 is 24.0 Å². The molecule has 0 bridgehead atoms. The van der Waals surface area contributed by atoms with E-state index < -0.39 is 17.2 Å². The molecule has 230 valence electrons. The molecule has 0 unspecified atom stereocenters. The summed E-state index contributed by atoms with van der Waals surface area (Å²) in [6, 6.07) is 0. The molecule has 2 rings (SSSR count). The summed E-state index contributed by atoms with van der Waals surface area (Å²) in [5.74, 6) is -0.953. The fourth-order valence-corrected chi connectivity index (χ4v) is 5.20. The first-order valence-electron chi connectivity index (χ1n) is 14.3. The number of nitrogens with zero attached hydrogens (tertiary/aromatic N) is 4. The van der Waals surface area contributed by atoms with E-state index in [0.29, 0.717) is 72.1 Å². The molecule has 2 aliphatic heterocycles. The van der Waals surface area contributed by atoms with Gasteiger partial charge in [0.05, 0.1) is 45.0 Å². The van der Waals surface area contributed by atoms with E-state index in [1.54, 1.807) is 20.8 Å². The Kier molecular flexibility index (Phi) is 13.6. The lowest BCUT2D eigenvalue weighted by Crippen LogP contribution is -2.70. The molecule has 0 aliphatic carbocycles. The third-order valence-corrected chi connectivity index (χ3v) is 6.68. The summed E-state index contributed by atoms with van der Waals surface area (Å²) in [5, 5.41) is 2.81. The SMILES string of the molecule is CCOC(=O)CN1CCN(CC(=O)OCC)CC2(CN(CCNC(=O)OC(C)(C)C)CCN2CC(=O)OCC)C1. The van der Waals surface area contributed by atoms with Crippen molar-refractivity contribution in [2.75, 3.05) is 98.4 Å². The van der Waals surface area contributed by atoms with Crippen LogP contribution in [0.4, 0.5) is 4.79 Å². The Hall–Kier alpha value is -2.48. The van der Waals surface area contributed by atoms with Crippen molar-refractivity contribution in [1.29, 1.82) is 0 Å². The number of piperazine rings is 1. The summed E-state index contributed by atoms with van der Waals surface area (Å²) in [4.78, 5) is 58.1. The van der Waals surface area contributed by atoms with E-state index in [1.165, 1.54) is 0 Å². The third-order valence-electron chi connectivity index (χ3n) is 6.68. The van der Waals surface area contributed by atoms with Gasteiger partial charge in [-0.1, -0.05) is 0 Å². The quantitative estimate of drug-likeness (QED) is 0.253. The van der Waals surface area contributed by atoms with E-state index in [9.17, 15) is 19.2 Å². The first-order valence-corrected chi connectivity index (χ1v) is 14.3. The zero-order valence-electron chi connectivity index (χ0n) is 25.2. The molecule has 0 atom stereocenters. The minimum absolute atomic E-state index is 0.0956. The van der Waals surface area contributed by atoms with E-state index in [-0.39, 0.29) is 44.1 Å². The minimum Gasteiger partial charge on any atom is -0.465 e. The molecule has 0 aromatic carbocycles. The second-order valence-electron chi connectivity index (χ2n) is 11.2. The van der Waals surface area contributed by atoms with E-state index in [2.05, 4.69) is 15.1 Å². The number of nitrogens with one attached hydrogen (secondary N) is 1. The topological polar surface area (TPSA) is 130 Å². The van der Waals surface area contributed by atoms with Crippen LogP contribution in [-0.2, 0) is 33.3 Å². The van der Waals surface area contributed by atoms with Gasteiger partial charge in [-0.2, -0.15) is 0 Å². The Morgan fingerprint density at radius 2 is 1.15 bits per heavy atom. The zero-order chi connectivity index (χ0) is 29.8. The summed E-state index contributed by atoms with van der Waals surface area (Å²) in [5.41, 5.74) is -1.19. The number of hydrogen-bond donors (Lipinski definition) is 1. The lowest BCUT2D eigenvalue weighted by atomic mass is 9.91. The van der Waals surface area contributed by atoms with Crippen LogP contribution in [0.1, 0.15) is 41.5 Å². The van der Waals surface area contributed by atoms with Gasteiger partial charge < -0.3 is 24.3 Å². The van der Waals surface area contributed by atoms with Crippen LogP contribution in [0.15, 0.2) is 0 Å². The van der Waals surface area contributed by atoms with Crippen molar-refractivity contribution < 1.29 is 38.1 Å². The fraction of sp³-hybridized carbons (Fsp3) is 0.852. The molecule has 1 N–H and O–H groups in total. The average Bonchev–Trinajstić information content (AvgIpc) is 2.99. The smallest absolute Gasteiger partial charge is 0.407 e. The molecule has 0 saturated carbocycles. The molecule has 1 spiro atoms. The molecule has 0 radical (unpaired) electrons. The second kappa shape index (κ2) is 16.1. The lowest BCUT2D eigenvalue weighted by molar-refractivity contribution is -0.151. The Morgan fingerprint density at radius 1 is 0.700 bits per heavy atom. The van der Waals surface area contributed by atoms with Crippen LogP contribution in [0.5, 0.6) is 0 Å². The van der Waals surface area contributed by atoms with Crippen LogP contribution in [0.2, 0.25) is 0 Å². The summed E-state index contributed by atoms with van der Waals surface area (Å²) >= 11 is 0. The van der Waals surface area contributed by atoms with Gasteiger partial charge in [0.1, 0.15) is 5.60 Å². The number of carbonyl (C=O) groups is 4. The maximum atomic E-state index is 12.6. The minimum atomic E-state index is -0.605. The highest BCUT2D eigenvalue weighted by Gasteiger charge is 2.46. The number of esters is 3. The van der Waals surface area contributed by atoms with Crippen LogP contribution in [0, 0.1) is 0 Å². The number of rotatable bonds is 12. The number of alkyl carbamates (subject to hydrolysis) is 1. The van der Waals surface area contributed by atoms with E-state index in [4.69, 9.17) is 18.9 Å². The summed E-state index contributed by atoms with van der Waals surface area (Å²) < 4.78 is 21.1. The van der Waals surface area contributed by atoms with Crippen molar-refractivity contribution in [3.63, 3.8) is 0 Å². The monoisotopic (exact) mass is 571 g/mol. The van der Waals surface area contributed by atoms with Crippen LogP contribution in [-0.4, -0.2) is 153 Å². The molecule has 2 fully saturated rings. The zero-order valence-corrected chi connectivity index (χ0v) is 25.2. The van der Waals surface area contributed by atoms with Gasteiger partial charge in [0.25, 0.3) is 0 Å². The van der Waals surface area contributed by atoms with Crippen molar-refractivity contribution in [1.82, 2.24) is 24.9 Å². The van der Waals surface area contributed by atoms with Gasteiger partial charge in [0.15, 0.2) is 0 Å². The van der Waals surface area contributed by atoms with Gasteiger partial charge in [-0.15, -0.1) is 0 Å². The number of amides is 1. The fourth-order valence-electron chi connectivity index (χ4n) is 5.20. The molecule has 2 aliphatic rings. The van der Waals surface area contributed by atoms with Crippen molar-refractivity contribution in [2.45, 2.75) is 52.7 Å². The molecule has 40 heavy (non-hydrogen) atoms. The van der Waals surface area contributed by atoms with Crippen LogP contribution in [0.3, 0.4) is 0 Å². The molecule has 2 heterocycles. The standard InChI is InChI=1S/C27H49N5O8/c1-7-37-22(33)16-30-12-13-31(17-23(34)38-8-2)21-27(20-30)19-29(11-10-28-25(36)40-26(4,5)6)14-15-32(27)18-24(35)39-9-3/h7-21H2,1-6H3,(H,28,36). The first-order chi connectivity index (χ1) is 18.9. The average molecular weight is 572 g/mol. The maximum absolute atomic E-state index is 12.6. The molecular weight excluding hydrogens is 522 g/mol. The van der Waals surface area contributed by atoms with Crippen LogP contribution in [0.25, 0.3) is 0 Å². The number of hydrogen-bond acceptors (Lipinski definition) is 12. The molecule has 0 aromatic rings. The largest absolute Gasteiger partial charge is 0.465 e. The summed E-state index contributed by atoms with van der Waals surface area (Å²) in [6.45, 7) is 16.8. The second-order valence-corrected chi connectivity index (χ2v) is 11.2. The molecule has 13 heteroatoms. The highest BCUT2D eigenvalue weighted by molar-refractivity contribution is 5.73. The highest BCUT2D eigenvalue weighted by Crippen LogP contribution is 2.27.